The minimum atomic E-state index is 1.04. The summed E-state index contributed by atoms with van der Waals surface area (Å²) in [5.74, 6) is 0. The predicted molar refractivity (Wildman–Crippen MR) is 60.9 cm³/mol. The van der Waals surface area contributed by atoms with Crippen LogP contribution < -0.4 is 10.6 Å². The maximum atomic E-state index is 3.91. The van der Waals surface area contributed by atoms with Gasteiger partial charge in [0.15, 0.2) is 0 Å². The lowest BCUT2D eigenvalue weighted by Crippen LogP contribution is -2.22. The minimum Gasteiger partial charge on any atom is -0.358 e. The SMILES string of the molecule is C=C/C(C)=c1/[nH]c(C)cc1=C.CC. The van der Waals surface area contributed by atoms with E-state index in [1.807, 2.05) is 39.8 Å². The lowest BCUT2D eigenvalue weighted by atomic mass is 10.2. The molecule has 0 saturated heterocycles. The molecule has 0 aliphatic heterocycles. The molecule has 1 heterocycles. The molecule has 0 unspecified atom stereocenters. The third kappa shape index (κ3) is 2.94. The highest BCUT2D eigenvalue weighted by atomic mass is 14.7. The topological polar surface area (TPSA) is 15.8 Å². The minimum absolute atomic E-state index is 1.04. The molecule has 0 bridgehead atoms. The average Bonchev–Trinajstić information content (AvgIpc) is 2.47. The highest BCUT2D eigenvalue weighted by Gasteiger charge is 1.90. The Morgan fingerprint density at radius 3 is 2.31 bits per heavy atom. The van der Waals surface area contributed by atoms with Crippen LogP contribution in [0.1, 0.15) is 26.5 Å². The molecule has 0 radical (unpaired) electrons. The lowest BCUT2D eigenvalue weighted by molar-refractivity contribution is 1.21. The Kier molecular flexibility index (Phi) is 4.90. The van der Waals surface area contributed by atoms with Gasteiger partial charge in [-0.1, -0.05) is 33.1 Å². The van der Waals surface area contributed by atoms with E-state index in [2.05, 4.69) is 18.1 Å². The summed E-state index contributed by atoms with van der Waals surface area (Å²) in [6, 6.07) is 2.03. The molecule has 0 aromatic carbocycles. The number of aryl methyl sites for hydroxylation is 1. The Balaban J connectivity index is 0.000000671. The Morgan fingerprint density at radius 2 is 2.00 bits per heavy atom. The number of hydrogen-bond donors (Lipinski definition) is 1. The van der Waals surface area contributed by atoms with Gasteiger partial charge in [-0.25, -0.2) is 0 Å². The average molecular weight is 177 g/mol. The quantitative estimate of drug-likeness (QED) is 0.676. The summed E-state index contributed by atoms with van der Waals surface area (Å²) in [6.45, 7) is 15.7. The highest BCUT2D eigenvalue weighted by Crippen LogP contribution is 1.88. The van der Waals surface area contributed by atoms with Crippen molar-refractivity contribution in [1.29, 1.82) is 0 Å². The Bertz CT molecular complexity index is 368. The zero-order valence-electron chi connectivity index (χ0n) is 9.07. The van der Waals surface area contributed by atoms with Gasteiger partial charge < -0.3 is 4.98 Å². The molecule has 1 N–H and O–H groups in total. The molecule has 0 saturated carbocycles. The molecule has 0 spiro atoms. The molecule has 1 heteroatoms. The molecule has 1 rings (SSSR count). The molecular weight excluding hydrogens is 158 g/mol. The van der Waals surface area contributed by atoms with E-state index in [0.717, 1.165) is 21.8 Å². The van der Waals surface area contributed by atoms with Gasteiger partial charge >= 0.3 is 0 Å². The van der Waals surface area contributed by atoms with Crippen LogP contribution in [-0.2, 0) is 0 Å². The van der Waals surface area contributed by atoms with E-state index in [4.69, 9.17) is 0 Å². The van der Waals surface area contributed by atoms with E-state index in [1.54, 1.807) is 0 Å². The van der Waals surface area contributed by atoms with Crippen LogP contribution in [0.2, 0.25) is 0 Å². The van der Waals surface area contributed by atoms with Crippen molar-refractivity contribution in [3.8, 4) is 0 Å². The van der Waals surface area contributed by atoms with Gasteiger partial charge in [0, 0.05) is 11.0 Å². The Labute approximate surface area is 80.5 Å². The van der Waals surface area contributed by atoms with E-state index in [0.29, 0.717) is 0 Å². The maximum Gasteiger partial charge on any atom is 0.0479 e. The van der Waals surface area contributed by atoms with Crippen molar-refractivity contribution in [3.05, 3.63) is 35.0 Å². The molecule has 0 aliphatic rings. The first kappa shape index (κ1) is 11.8. The number of rotatable bonds is 1. The van der Waals surface area contributed by atoms with Gasteiger partial charge in [0.1, 0.15) is 0 Å². The molecule has 0 atom stereocenters. The molecule has 0 aliphatic carbocycles. The number of aromatic amines is 1. The zero-order valence-corrected chi connectivity index (χ0v) is 9.07. The first-order chi connectivity index (χ1) is 6.15. The molecule has 72 valence electrons. The van der Waals surface area contributed by atoms with Gasteiger partial charge in [-0.2, -0.15) is 0 Å². The van der Waals surface area contributed by atoms with Crippen molar-refractivity contribution in [2.45, 2.75) is 27.7 Å². The molecule has 1 aromatic rings. The van der Waals surface area contributed by atoms with Gasteiger partial charge in [0.05, 0.1) is 0 Å². The second-order valence-corrected chi connectivity index (χ2v) is 2.74. The van der Waals surface area contributed by atoms with E-state index >= 15 is 0 Å². The largest absolute Gasteiger partial charge is 0.358 e. The van der Waals surface area contributed by atoms with Crippen LogP contribution >= 0.6 is 0 Å². The highest BCUT2D eigenvalue weighted by molar-refractivity contribution is 5.51. The molecule has 1 aromatic heterocycles. The van der Waals surface area contributed by atoms with Crippen molar-refractivity contribution in [1.82, 2.24) is 4.98 Å². The van der Waals surface area contributed by atoms with Crippen LogP contribution in [0.3, 0.4) is 0 Å². The van der Waals surface area contributed by atoms with E-state index in [1.165, 1.54) is 0 Å². The summed E-state index contributed by atoms with van der Waals surface area (Å²) in [5, 5.41) is 2.14. The maximum absolute atomic E-state index is 3.91. The van der Waals surface area contributed by atoms with Crippen molar-refractivity contribution >= 4 is 12.2 Å². The van der Waals surface area contributed by atoms with Crippen LogP contribution in [0.25, 0.3) is 12.2 Å². The molecule has 0 amide bonds. The number of nitrogens with one attached hydrogen (secondary N) is 1. The van der Waals surface area contributed by atoms with Crippen LogP contribution in [0.4, 0.5) is 0 Å². The van der Waals surface area contributed by atoms with Crippen molar-refractivity contribution in [2.24, 2.45) is 0 Å². The molecule has 13 heavy (non-hydrogen) atoms. The Morgan fingerprint density at radius 1 is 1.46 bits per heavy atom. The monoisotopic (exact) mass is 177 g/mol. The number of hydrogen-bond acceptors (Lipinski definition) is 0. The van der Waals surface area contributed by atoms with E-state index < -0.39 is 0 Å². The Hall–Kier alpha value is -1.24. The second kappa shape index (κ2) is 5.41. The second-order valence-electron chi connectivity index (χ2n) is 2.74. The molecule has 0 fully saturated rings. The fraction of sp³-hybridized carbons (Fsp3) is 0.333. The summed E-state index contributed by atoms with van der Waals surface area (Å²) in [4.78, 5) is 3.22. The molecule has 1 nitrogen and oxygen atoms in total. The predicted octanol–water partition coefficient (Wildman–Crippen LogP) is 2.12. The zero-order chi connectivity index (χ0) is 10.4. The van der Waals surface area contributed by atoms with Gasteiger partial charge in [-0.05, 0) is 30.7 Å². The lowest BCUT2D eigenvalue weighted by Gasteiger charge is -1.86. The number of aromatic nitrogens is 1. The summed E-state index contributed by atoms with van der Waals surface area (Å²) in [6.07, 6.45) is 1.83. The van der Waals surface area contributed by atoms with Crippen molar-refractivity contribution in [3.63, 3.8) is 0 Å². The van der Waals surface area contributed by atoms with Crippen LogP contribution in [0.5, 0.6) is 0 Å². The summed E-state index contributed by atoms with van der Waals surface area (Å²) < 4.78 is 0. The molecular formula is C12H19N. The van der Waals surface area contributed by atoms with Crippen molar-refractivity contribution < 1.29 is 0 Å². The van der Waals surface area contributed by atoms with Crippen LogP contribution in [0, 0.1) is 6.92 Å². The summed E-state index contributed by atoms with van der Waals surface area (Å²) in [7, 11) is 0. The van der Waals surface area contributed by atoms with Gasteiger partial charge in [0.2, 0.25) is 0 Å². The van der Waals surface area contributed by atoms with Gasteiger partial charge in [0.25, 0.3) is 0 Å². The first-order valence-electron chi connectivity index (χ1n) is 4.63. The van der Waals surface area contributed by atoms with Crippen molar-refractivity contribution in [2.75, 3.05) is 0 Å². The number of allylic oxidation sites excluding steroid dienone is 1. The number of H-pyrrole nitrogens is 1. The fourth-order valence-corrected chi connectivity index (χ4v) is 1.10. The van der Waals surface area contributed by atoms with E-state index in [9.17, 15) is 0 Å². The van der Waals surface area contributed by atoms with Crippen LogP contribution in [-0.4, -0.2) is 4.98 Å². The van der Waals surface area contributed by atoms with Crippen LogP contribution in [0.15, 0.2) is 18.7 Å². The van der Waals surface area contributed by atoms with Gasteiger partial charge in [-0.15, -0.1) is 0 Å². The third-order valence-electron chi connectivity index (χ3n) is 1.73. The van der Waals surface area contributed by atoms with E-state index in [-0.39, 0.29) is 0 Å². The summed E-state index contributed by atoms with van der Waals surface area (Å²) >= 11 is 0. The van der Waals surface area contributed by atoms with Gasteiger partial charge in [-0.3, -0.25) is 0 Å². The summed E-state index contributed by atoms with van der Waals surface area (Å²) in [5.41, 5.74) is 2.29. The first-order valence-corrected chi connectivity index (χ1v) is 4.63. The normalized spacial score (nSPS) is 11.4. The smallest absolute Gasteiger partial charge is 0.0479 e. The third-order valence-corrected chi connectivity index (χ3v) is 1.73. The standard InChI is InChI=1S/C10H13N.C2H6/c1-5-7(2)10-8(3)6-9(4)11-10;1-2/h5-6,11H,1,3H2,2,4H3;1-2H3/b10-7+;. The fourth-order valence-electron chi connectivity index (χ4n) is 1.10.